The smallest absolute Gasteiger partial charge is 0.271 e. The molecule has 33 heavy (non-hydrogen) atoms. The number of amides is 1. The number of hydrogen-bond acceptors (Lipinski definition) is 5. The summed E-state index contributed by atoms with van der Waals surface area (Å²) >= 11 is 0. The summed E-state index contributed by atoms with van der Waals surface area (Å²) in [6.45, 7) is 9.50. The van der Waals surface area contributed by atoms with Crippen molar-refractivity contribution in [1.29, 1.82) is 0 Å². The van der Waals surface area contributed by atoms with E-state index in [9.17, 15) is 18.1 Å². The normalized spacial score (nSPS) is 18.4. The highest BCUT2D eigenvalue weighted by Gasteiger charge is 2.34. The third-order valence-electron chi connectivity index (χ3n) is 5.18. The van der Waals surface area contributed by atoms with Gasteiger partial charge in [0.05, 0.1) is 17.1 Å². The summed E-state index contributed by atoms with van der Waals surface area (Å²) in [5.41, 5.74) is 3.28. The number of alkyl halides is 2. The number of aliphatic imine (C=N–C) groups is 1. The quantitative estimate of drug-likeness (QED) is 0.183. The number of pyridine rings is 1. The fraction of sp³-hybridized carbons (Fsp3) is 0.375. The first-order chi connectivity index (χ1) is 15.7. The number of halogens is 3. The van der Waals surface area contributed by atoms with E-state index in [0.29, 0.717) is 17.0 Å². The van der Waals surface area contributed by atoms with Crippen LogP contribution >= 0.6 is 0 Å². The highest BCUT2D eigenvalue weighted by Crippen LogP contribution is 2.29. The Labute approximate surface area is 192 Å². The molecule has 1 fully saturated rings. The summed E-state index contributed by atoms with van der Waals surface area (Å²) < 4.78 is 40.5. The van der Waals surface area contributed by atoms with Gasteiger partial charge in [0.1, 0.15) is 5.70 Å². The second-order valence-electron chi connectivity index (χ2n) is 7.67. The van der Waals surface area contributed by atoms with Crippen LogP contribution in [-0.4, -0.2) is 40.5 Å². The minimum atomic E-state index is -2.68. The molecular formula is C24H30F3N5O. The molecule has 1 saturated heterocycles. The standard InChI is InChI=1S/C24H30F3N5O/c1-5-6-7-10-17(2)21(23(33)30-22(31-27)20-11-8-9-14-28-20)29-18(3)19(4)32-15-12-24(25,26)13-16-32/h5-11,14,22,31H,4,12-13,15-16H2,1-3H3,(H,30,33)/b6-5-,10-7-,21-17+,29-18?. The Morgan fingerprint density at radius 2 is 1.97 bits per heavy atom. The first kappa shape index (κ1) is 26.1. The number of nitrogens with one attached hydrogen (secondary N) is 2. The zero-order chi connectivity index (χ0) is 24.4. The van der Waals surface area contributed by atoms with Crippen LogP contribution in [0.15, 0.2) is 77.2 Å². The van der Waals surface area contributed by atoms with Gasteiger partial charge >= 0.3 is 0 Å². The Hall–Kier alpha value is -3.20. The predicted molar refractivity (Wildman–Crippen MR) is 124 cm³/mol. The lowest BCUT2D eigenvalue weighted by Crippen LogP contribution is -2.40. The minimum absolute atomic E-state index is 0.0490. The van der Waals surface area contributed by atoms with E-state index in [1.165, 1.54) is 11.7 Å². The second kappa shape index (κ2) is 12.2. The van der Waals surface area contributed by atoms with Crippen molar-refractivity contribution in [3.63, 3.8) is 0 Å². The zero-order valence-corrected chi connectivity index (χ0v) is 19.1. The van der Waals surface area contributed by atoms with Gasteiger partial charge in [-0.1, -0.05) is 36.9 Å². The van der Waals surface area contributed by atoms with Crippen LogP contribution in [0.2, 0.25) is 0 Å². The summed E-state index contributed by atoms with van der Waals surface area (Å²) in [4.78, 5) is 23.3. The number of carbonyl (C=O) groups excluding carboxylic acids is 1. The van der Waals surface area contributed by atoms with Gasteiger partial charge in [0, 0.05) is 32.1 Å². The number of aromatic nitrogens is 1. The van der Waals surface area contributed by atoms with E-state index in [1.54, 1.807) is 55.2 Å². The molecule has 1 aromatic heterocycles. The monoisotopic (exact) mass is 461 g/mol. The first-order valence-electron chi connectivity index (χ1n) is 10.6. The van der Waals surface area contributed by atoms with Gasteiger partial charge < -0.3 is 10.2 Å². The zero-order valence-electron chi connectivity index (χ0n) is 19.1. The van der Waals surface area contributed by atoms with Crippen LogP contribution in [-0.2, 0) is 4.79 Å². The fourth-order valence-electron chi connectivity index (χ4n) is 3.18. The molecule has 0 aliphatic carbocycles. The highest BCUT2D eigenvalue weighted by atomic mass is 19.3. The van der Waals surface area contributed by atoms with Crippen molar-refractivity contribution < 1.29 is 18.1 Å². The van der Waals surface area contributed by atoms with Gasteiger partial charge in [-0.3, -0.25) is 9.78 Å². The van der Waals surface area contributed by atoms with Crippen molar-refractivity contribution >= 4 is 11.6 Å². The molecule has 2 rings (SSSR count). The van der Waals surface area contributed by atoms with Gasteiger partial charge in [-0.05, 0) is 38.5 Å². The average molecular weight is 462 g/mol. The Morgan fingerprint density at radius 3 is 2.55 bits per heavy atom. The van der Waals surface area contributed by atoms with Crippen LogP contribution in [0.4, 0.5) is 13.3 Å². The molecule has 0 aromatic carbocycles. The predicted octanol–water partition coefficient (Wildman–Crippen LogP) is 4.78. The molecule has 2 N–H and O–H groups in total. The van der Waals surface area contributed by atoms with Crippen molar-refractivity contribution in [3.8, 4) is 0 Å². The molecule has 1 unspecified atom stereocenters. The van der Waals surface area contributed by atoms with Crippen LogP contribution in [0.5, 0.6) is 0 Å². The fourth-order valence-corrected chi connectivity index (χ4v) is 3.18. The maximum atomic E-state index is 13.5. The number of carbonyl (C=O) groups is 1. The topological polar surface area (TPSA) is 69.6 Å². The molecule has 0 saturated carbocycles. The Balaban J connectivity index is 2.30. The molecule has 1 aromatic rings. The molecule has 2 heterocycles. The molecule has 0 spiro atoms. The molecule has 9 heteroatoms. The molecule has 1 atom stereocenters. The van der Waals surface area contributed by atoms with Crippen LogP contribution in [0.3, 0.4) is 0 Å². The van der Waals surface area contributed by atoms with Crippen LogP contribution in [0.25, 0.3) is 0 Å². The van der Waals surface area contributed by atoms with Gasteiger partial charge in [0.15, 0.2) is 6.17 Å². The van der Waals surface area contributed by atoms with Crippen LogP contribution in [0.1, 0.15) is 45.5 Å². The first-order valence-corrected chi connectivity index (χ1v) is 10.6. The largest absolute Gasteiger partial charge is 0.370 e. The summed E-state index contributed by atoms with van der Waals surface area (Å²) in [6, 6.07) is 4.93. The number of rotatable bonds is 9. The number of likely N-dealkylation sites (tertiary alicyclic amines) is 1. The van der Waals surface area contributed by atoms with Crippen molar-refractivity contribution in [3.05, 3.63) is 77.9 Å². The number of hydrogen-bond donors (Lipinski definition) is 2. The maximum absolute atomic E-state index is 13.5. The summed E-state index contributed by atoms with van der Waals surface area (Å²) in [5, 5.41) is 2.54. The van der Waals surface area contributed by atoms with E-state index in [0.717, 1.165) is 0 Å². The number of piperidine rings is 1. The molecule has 6 nitrogen and oxygen atoms in total. The maximum Gasteiger partial charge on any atom is 0.271 e. The SMILES string of the molecule is C=C(C(C)=N/C(C(=O)NC(NF)c1ccccn1)=C(C)/C=C\C=C/C)N1CCC(F)(F)CC1. The molecule has 0 bridgehead atoms. The molecular weight excluding hydrogens is 431 g/mol. The highest BCUT2D eigenvalue weighted by molar-refractivity contribution is 6.03. The van der Waals surface area contributed by atoms with Gasteiger partial charge in [0.2, 0.25) is 0 Å². The molecule has 178 valence electrons. The van der Waals surface area contributed by atoms with Gasteiger partial charge in [-0.2, -0.15) is 0 Å². The molecule has 1 aliphatic heterocycles. The summed E-state index contributed by atoms with van der Waals surface area (Å²) in [5.74, 6) is -3.31. The van der Waals surface area contributed by atoms with E-state index < -0.39 is 18.0 Å². The van der Waals surface area contributed by atoms with E-state index in [2.05, 4.69) is 21.9 Å². The van der Waals surface area contributed by atoms with Crippen LogP contribution < -0.4 is 10.9 Å². The lowest BCUT2D eigenvalue weighted by Gasteiger charge is -2.34. The van der Waals surface area contributed by atoms with E-state index >= 15 is 0 Å². The van der Waals surface area contributed by atoms with Gasteiger partial charge in [0.25, 0.3) is 11.8 Å². The lowest BCUT2D eigenvalue weighted by atomic mass is 10.1. The Bertz CT molecular complexity index is 944. The third kappa shape index (κ3) is 7.71. The van der Waals surface area contributed by atoms with Crippen LogP contribution in [0, 0.1) is 0 Å². The Morgan fingerprint density at radius 1 is 1.27 bits per heavy atom. The van der Waals surface area contributed by atoms with Crippen molar-refractivity contribution in [1.82, 2.24) is 20.7 Å². The molecule has 1 amide bonds. The minimum Gasteiger partial charge on any atom is -0.370 e. The number of nitrogens with zero attached hydrogens (tertiary/aromatic N) is 3. The van der Waals surface area contributed by atoms with E-state index in [1.807, 2.05) is 13.0 Å². The van der Waals surface area contributed by atoms with Gasteiger partial charge in [-0.25, -0.2) is 13.8 Å². The van der Waals surface area contributed by atoms with Gasteiger partial charge in [-0.15, -0.1) is 10.0 Å². The van der Waals surface area contributed by atoms with Crippen molar-refractivity contribution in [2.24, 2.45) is 4.99 Å². The molecule has 1 aliphatic rings. The molecule has 0 radical (unpaired) electrons. The summed E-state index contributed by atoms with van der Waals surface area (Å²) in [6.07, 6.45) is 6.86. The van der Waals surface area contributed by atoms with Crippen molar-refractivity contribution in [2.75, 3.05) is 13.1 Å². The van der Waals surface area contributed by atoms with E-state index in [4.69, 9.17) is 0 Å². The lowest BCUT2D eigenvalue weighted by molar-refractivity contribution is -0.119. The number of allylic oxidation sites excluding steroid dienone is 6. The average Bonchev–Trinajstić information content (AvgIpc) is 2.80. The van der Waals surface area contributed by atoms with Crippen molar-refractivity contribution in [2.45, 2.75) is 45.7 Å². The van der Waals surface area contributed by atoms with E-state index in [-0.39, 0.29) is 37.3 Å². The second-order valence-corrected chi connectivity index (χ2v) is 7.67. The Kier molecular flexibility index (Phi) is 9.59. The summed E-state index contributed by atoms with van der Waals surface area (Å²) in [7, 11) is 0. The third-order valence-corrected chi connectivity index (χ3v) is 5.18.